The SMILES string of the molecule is CC1(C)OC[C@]2(C=CC(=O)CC2)O1. The van der Waals surface area contributed by atoms with E-state index in [0.717, 1.165) is 6.42 Å². The van der Waals surface area contributed by atoms with Crippen LogP contribution in [0.25, 0.3) is 0 Å². The zero-order valence-corrected chi connectivity index (χ0v) is 8.00. The maximum absolute atomic E-state index is 11.0. The van der Waals surface area contributed by atoms with Gasteiger partial charge in [-0.1, -0.05) is 0 Å². The van der Waals surface area contributed by atoms with Gasteiger partial charge in [-0.2, -0.15) is 0 Å². The van der Waals surface area contributed by atoms with Crippen molar-refractivity contribution in [3.63, 3.8) is 0 Å². The van der Waals surface area contributed by atoms with E-state index in [1.807, 2.05) is 19.9 Å². The summed E-state index contributed by atoms with van der Waals surface area (Å²) in [5.41, 5.74) is -0.336. The highest BCUT2D eigenvalue weighted by atomic mass is 16.8. The second kappa shape index (κ2) is 2.66. The van der Waals surface area contributed by atoms with Crippen molar-refractivity contribution in [1.82, 2.24) is 0 Å². The van der Waals surface area contributed by atoms with Crippen molar-refractivity contribution in [2.75, 3.05) is 6.61 Å². The van der Waals surface area contributed by atoms with Gasteiger partial charge in [0.15, 0.2) is 11.6 Å². The van der Waals surface area contributed by atoms with Gasteiger partial charge in [0.1, 0.15) is 5.60 Å². The minimum Gasteiger partial charge on any atom is -0.347 e. The van der Waals surface area contributed by atoms with E-state index in [2.05, 4.69) is 0 Å². The summed E-state index contributed by atoms with van der Waals surface area (Å²) in [6.45, 7) is 4.35. The summed E-state index contributed by atoms with van der Waals surface area (Å²) in [5.74, 6) is -0.330. The van der Waals surface area contributed by atoms with Crippen molar-refractivity contribution >= 4 is 5.78 Å². The lowest BCUT2D eigenvalue weighted by Gasteiger charge is -2.27. The van der Waals surface area contributed by atoms with Crippen LogP contribution in [-0.2, 0) is 14.3 Å². The molecule has 1 heterocycles. The van der Waals surface area contributed by atoms with Crippen LogP contribution in [0.4, 0.5) is 0 Å². The average Bonchev–Trinajstić information content (AvgIpc) is 2.35. The Bertz CT molecular complexity index is 267. The lowest BCUT2D eigenvalue weighted by molar-refractivity contribution is -0.154. The van der Waals surface area contributed by atoms with Gasteiger partial charge < -0.3 is 9.47 Å². The molecule has 72 valence electrons. The van der Waals surface area contributed by atoms with Gasteiger partial charge in [0, 0.05) is 6.42 Å². The van der Waals surface area contributed by atoms with E-state index < -0.39 is 5.79 Å². The Kier molecular flexibility index (Phi) is 1.82. The van der Waals surface area contributed by atoms with Gasteiger partial charge in [0.2, 0.25) is 0 Å². The number of ketones is 1. The van der Waals surface area contributed by atoms with Crippen LogP contribution in [0, 0.1) is 0 Å². The molecule has 1 atom stereocenters. The summed E-state index contributed by atoms with van der Waals surface area (Å²) < 4.78 is 11.2. The first-order valence-electron chi connectivity index (χ1n) is 4.58. The van der Waals surface area contributed by atoms with Crippen LogP contribution in [0.3, 0.4) is 0 Å². The minimum absolute atomic E-state index is 0.180. The number of rotatable bonds is 0. The first-order chi connectivity index (χ1) is 6.02. The van der Waals surface area contributed by atoms with Gasteiger partial charge in [-0.3, -0.25) is 4.79 Å². The molecule has 1 saturated heterocycles. The Morgan fingerprint density at radius 1 is 1.46 bits per heavy atom. The van der Waals surface area contributed by atoms with Crippen molar-refractivity contribution in [1.29, 1.82) is 0 Å². The molecule has 0 radical (unpaired) electrons. The molecule has 13 heavy (non-hydrogen) atoms. The number of ether oxygens (including phenoxy) is 2. The van der Waals surface area contributed by atoms with Crippen LogP contribution in [0.5, 0.6) is 0 Å². The highest BCUT2D eigenvalue weighted by molar-refractivity contribution is 5.90. The van der Waals surface area contributed by atoms with E-state index in [0.29, 0.717) is 13.0 Å². The van der Waals surface area contributed by atoms with Gasteiger partial charge in [0.05, 0.1) is 6.61 Å². The third-order valence-corrected chi connectivity index (χ3v) is 2.48. The van der Waals surface area contributed by atoms with Crippen LogP contribution in [0.2, 0.25) is 0 Å². The summed E-state index contributed by atoms with van der Waals surface area (Å²) in [4.78, 5) is 11.0. The molecule has 1 aliphatic heterocycles. The average molecular weight is 182 g/mol. The molecular formula is C10H14O3. The minimum atomic E-state index is -0.509. The molecule has 3 heteroatoms. The maximum Gasteiger partial charge on any atom is 0.164 e. The van der Waals surface area contributed by atoms with Crippen LogP contribution in [-0.4, -0.2) is 23.8 Å². The van der Waals surface area contributed by atoms with Crippen molar-refractivity contribution in [3.8, 4) is 0 Å². The topological polar surface area (TPSA) is 35.5 Å². The molecule has 2 aliphatic rings. The van der Waals surface area contributed by atoms with Crippen LogP contribution in [0.15, 0.2) is 12.2 Å². The lowest BCUT2D eigenvalue weighted by atomic mass is 9.91. The smallest absolute Gasteiger partial charge is 0.164 e. The Morgan fingerprint density at radius 3 is 2.69 bits per heavy atom. The lowest BCUT2D eigenvalue weighted by Crippen LogP contribution is -2.34. The van der Waals surface area contributed by atoms with E-state index in [4.69, 9.17) is 9.47 Å². The normalized spacial score (nSPS) is 37.2. The number of carbonyl (C=O) groups excluding carboxylic acids is 1. The Morgan fingerprint density at radius 2 is 2.23 bits per heavy atom. The summed E-state index contributed by atoms with van der Waals surface area (Å²) in [7, 11) is 0. The molecule has 1 spiro atoms. The van der Waals surface area contributed by atoms with Crippen molar-refractivity contribution in [2.45, 2.75) is 38.1 Å². The molecule has 1 fully saturated rings. The molecular weight excluding hydrogens is 168 g/mol. The number of hydrogen-bond acceptors (Lipinski definition) is 3. The largest absolute Gasteiger partial charge is 0.347 e. The fourth-order valence-corrected chi connectivity index (χ4v) is 1.80. The zero-order chi connectivity index (χ0) is 9.53. The molecule has 0 aromatic rings. The van der Waals surface area contributed by atoms with Crippen LogP contribution < -0.4 is 0 Å². The van der Waals surface area contributed by atoms with E-state index in [9.17, 15) is 4.79 Å². The molecule has 1 aliphatic carbocycles. The second-order valence-electron chi connectivity index (χ2n) is 4.15. The number of allylic oxidation sites excluding steroid dienone is 1. The van der Waals surface area contributed by atoms with Gasteiger partial charge in [0.25, 0.3) is 0 Å². The fourth-order valence-electron chi connectivity index (χ4n) is 1.80. The molecule has 0 unspecified atom stereocenters. The second-order valence-corrected chi connectivity index (χ2v) is 4.15. The van der Waals surface area contributed by atoms with E-state index in [1.165, 1.54) is 0 Å². The van der Waals surface area contributed by atoms with Crippen molar-refractivity contribution in [3.05, 3.63) is 12.2 Å². The quantitative estimate of drug-likeness (QED) is 0.568. The van der Waals surface area contributed by atoms with Crippen LogP contribution >= 0.6 is 0 Å². The summed E-state index contributed by atoms with van der Waals surface area (Å²) in [6.07, 6.45) is 4.75. The third-order valence-electron chi connectivity index (χ3n) is 2.48. The maximum atomic E-state index is 11.0. The summed E-state index contributed by atoms with van der Waals surface area (Å²) in [6, 6.07) is 0. The van der Waals surface area contributed by atoms with E-state index in [1.54, 1.807) is 6.08 Å². The van der Waals surface area contributed by atoms with E-state index >= 15 is 0 Å². The highest BCUT2D eigenvalue weighted by Crippen LogP contribution is 2.37. The molecule has 3 nitrogen and oxygen atoms in total. The zero-order valence-electron chi connectivity index (χ0n) is 8.00. The summed E-state index contributed by atoms with van der Waals surface area (Å²) in [5, 5.41) is 0. The number of carbonyl (C=O) groups is 1. The Labute approximate surface area is 77.7 Å². The van der Waals surface area contributed by atoms with Gasteiger partial charge in [-0.25, -0.2) is 0 Å². The predicted octanol–water partition coefficient (Wildman–Crippen LogP) is 1.43. The predicted molar refractivity (Wildman–Crippen MR) is 47.2 cm³/mol. The first kappa shape index (κ1) is 8.91. The standard InChI is InChI=1S/C10H14O3/c1-9(2)12-7-10(13-9)5-3-8(11)4-6-10/h3,5H,4,6-7H2,1-2H3/t10-/m1/s1. The molecule has 0 amide bonds. The molecule has 0 N–H and O–H groups in total. The van der Waals surface area contributed by atoms with Gasteiger partial charge >= 0.3 is 0 Å². The van der Waals surface area contributed by atoms with Crippen LogP contribution in [0.1, 0.15) is 26.7 Å². The monoisotopic (exact) mass is 182 g/mol. The van der Waals surface area contributed by atoms with Crippen molar-refractivity contribution in [2.24, 2.45) is 0 Å². The Hall–Kier alpha value is -0.670. The summed E-state index contributed by atoms with van der Waals surface area (Å²) >= 11 is 0. The fraction of sp³-hybridized carbons (Fsp3) is 0.700. The molecule has 2 rings (SSSR count). The third kappa shape index (κ3) is 1.67. The molecule has 0 aromatic carbocycles. The van der Waals surface area contributed by atoms with E-state index in [-0.39, 0.29) is 11.4 Å². The number of hydrogen-bond donors (Lipinski definition) is 0. The molecule has 0 saturated carbocycles. The van der Waals surface area contributed by atoms with Gasteiger partial charge in [-0.15, -0.1) is 0 Å². The highest BCUT2D eigenvalue weighted by Gasteiger charge is 2.44. The molecule has 0 bridgehead atoms. The first-order valence-corrected chi connectivity index (χ1v) is 4.58. The van der Waals surface area contributed by atoms with Gasteiger partial charge in [-0.05, 0) is 32.4 Å². The van der Waals surface area contributed by atoms with Crippen molar-refractivity contribution < 1.29 is 14.3 Å². The molecule has 0 aromatic heterocycles. The Balaban J connectivity index is 2.16.